The highest BCUT2D eigenvalue weighted by atomic mass is 19.1. The molecule has 7 heteroatoms. The third kappa shape index (κ3) is 3.09. The van der Waals surface area contributed by atoms with Crippen molar-refractivity contribution in [3.05, 3.63) is 23.3 Å². The van der Waals surface area contributed by atoms with Crippen molar-refractivity contribution in [3.63, 3.8) is 0 Å². The number of Topliss-reactive ketones (excluding diaryl/α,β-unsaturated/α-hetero) is 1. The first kappa shape index (κ1) is 15.6. The number of aryl methyl sites for hydroxylation is 1. The van der Waals surface area contributed by atoms with Crippen LogP contribution in [0.2, 0.25) is 0 Å². The molecule has 3 rings (SSSR count). The van der Waals surface area contributed by atoms with Gasteiger partial charge in [-0.3, -0.25) is 24.7 Å². The van der Waals surface area contributed by atoms with Gasteiger partial charge in [-0.2, -0.15) is 0 Å². The maximum absolute atomic E-state index is 14.5. The Morgan fingerprint density at radius 1 is 1.22 bits per heavy atom. The first-order valence-electron chi connectivity index (χ1n) is 7.73. The van der Waals surface area contributed by atoms with E-state index in [1.54, 1.807) is 6.92 Å². The molecule has 0 radical (unpaired) electrons. The minimum absolute atomic E-state index is 0.0873. The maximum atomic E-state index is 14.5. The highest BCUT2D eigenvalue weighted by molar-refractivity contribution is 6.00. The summed E-state index contributed by atoms with van der Waals surface area (Å²) in [6.45, 7) is 2.87. The molecule has 0 bridgehead atoms. The number of hydrogen-bond donors (Lipinski definition) is 1. The van der Waals surface area contributed by atoms with Crippen LogP contribution in [0.15, 0.2) is 6.07 Å². The van der Waals surface area contributed by atoms with Crippen molar-refractivity contribution in [1.29, 1.82) is 0 Å². The van der Waals surface area contributed by atoms with Gasteiger partial charge in [0.25, 0.3) is 0 Å². The van der Waals surface area contributed by atoms with Gasteiger partial charge in [0.15, 0.2) is 0 Å². The average molecular weight is 319 g/mol. The van der Waals surface area contributed by atoms with Gasteiger partial charge >= 0.3 is 0 Å². The lowest BCUT2D eigenvalue weighted by atomic mass is 9.93. The third-order valence-corrected chi connectivity index (χ3v) is 4.40. The van der Waals surface area contributed by atoms with Gasteiger partial charge in [0.2, 0.25) is 11.8 Å². The minimum Gasteiger partial charge on any atom is -0.369 e. The Kier molecular flexibility index (Phi) is 4.11. The van der Waals surface area contributed by atoms with Crippen molar-refractivity contribution < 1.29 is 18.8 Å². The predicted molar refractivity (Wildman–Crippen MR) is 80.5 cm³/mol. The molecule has 0 aliphatic carbocycles. The van der Waals surface area contributed by atoms with Crippen molar-refractivity contribution in [3.8, 4) is 0 Å². The molecular weight excluding hydrogens is 301 g/mol. The van der Waals surface area contributed by atoms with Gasteiger partial charge in [0.1, 0.15) is 11.6 Å². The summed E-state index contributed by atoms with van der Waals surface area (Å²) in [5, 5.41) is 2.22. The van der Waals surface area contributed by atoms with Crippen LogP contribution in [0.3, 0.4) is 0 Å². The Bertz CT molecular complexity index is 679. The van der Waals surface area contributed by atoms with Gasteiger partial charge in [-0.25, -0.2) is 4.39 Å². The van der Waals surface area contributed by atoms with Gasteiger partial charge in [0.05, 0.1) is 23.0 Å². The molecule has 1 aromatic heterocycles. The van der Waals surface area contributed by atoms with Gasteiger partial charge in [-0.05, 0) is 13.3 Å². The molecule has 122 valence electrons. The topological polar surface area (TPSA) is 79.4 Å². The van der Waals surface area contributed by atoms with Crippen molar-refractivity contribution in [2.45, 2.75) is 38.5 Å². The molecular formula is C16H18FN3O3. The number of anilines is 1. The molecule has 2 aliphatic rings. The number of rotatable bonds is 2. The largest absolute Gasteiger partial charge is 0.369 e. The first-order valence-corrected chi connectivity index (χ1v) is 7.73. The van der Waals surface area contributed by atoms with Crippen LogP contribution in [-0.2, 0) is 14.4 Å². The zero-order chi connectivity index (χ0) is 16.6. The van der Waals surface area contributed by atoms with Gasteiger partial charge in [0, 0.05) is 38.4 Å². The molecule has 1 N–H and O–H groups in total. The van der Waals surface area contributed by atoms with Gasteiger partial charge < -0.3 is 4.90 Å². The van der Waals surface area contributed by atoms with Gasteiger partial charge in [-0.15, -0.1) is 0 Å². The lowest BCUT2D eigenvalue weighted by molar-refractivity contribution is -0.134. The Balaban J connectivity index is 1.87. The predicted octanol–water partition coefficient (Wildman–Crippen LogP) is 1.22. The monoisotopic (exact) mass is 319 g/mol. The van der Waals surface area contributed by atoms with E-state index in [-0.39, 0.29) is 30.2 Å². The minimum atomic E-state index is -0.733. The summed E-state index contributed by atoms with van der Waals surface area (Å²) in [5.74, 6) is -1.89. The number of ketones is 1. The second kappa shape index (κ2) is 6.06. The number of amides is 2. The molecule has 0 saturated carbocycles. The lowest BCUT2D eigenvalue weighted by Gasteiger charge is -2.30. The Hall–Kier alpha value is -2.31. The zero-order valence-corrected chi connectivity index (χ0v) is 12.9. The molecule has 6 nitrogen and oxygen atoms in total. The highest BCUT2D eigenvalue weighted by Crippen LogP contribution is 2.30. The molecule has 23 heavy (non-hydrogen) atoms. The Labute approximate surface area is 133 Å². The van der Waals surface area contributed by atoms with E-state index >= 15 is 0 Å². The Morgan fingerprint density at radius 2 is 1.91 bits per heavy atom. The number of hydrogen-bond acceptors (Lipinski definition) is 5. The van der Waals surface area contributed by atoms with Gasteiger partial charge in [-0.1, -0.05) is 0 Å². The van der Waals surface area contributed by atoms with Crippen LogP contribution in [0.5, 0.6) is 0 Å². The number of halogens is 1. The highest BCUT2D eigenvalue weighted by Gasteiger charge is 2.32. The van der Waals surface area contributed by atoms with Crippen LogP contribution in [0.4, 0.5) is 10.1 Å². The van der Waals surface area contributed by atoms with Crippen LogP contribution in [-0.4, -0.2) is 35.7 Å². The summed E-state index contributed by atoms with van der Waals surface area (Å²) in [6, 6.07) is 1.39. The van der Waals surface area contributed by atoms with E-state index < -0.39 is 17.6 Å². The number of aromatic nitrogens is 1. The van der Waals surface area contributed by atoms with Crippen molar-refractivity contribution in [2.24, 2.45) is 0 Å². The quantitative estimate of drug-likeness (QED) is 0.829. The molecule has 2 saturated heterocycles. The first-order chi connectivity index (χ1) is 11.0. The number of imide groups is 1. The fourth-order valence-electron chi connectivity index (χ4n) is 3.11. The van der Waals surface area contributed by atoms with Crippen LogP contribution >= 0.6 is 0 Å². The van der Waals surface area contributed by atoms with Crippen LogP contribution < -0.4 is 10.2 Å². The van der Waals surface area contributed by atoms with Crippen molar-refractivity contribution >= 4 is 23.3 Å². The molecule has 0 aromatic carbocycles. The summed E-state index contributed by atoms with van der Waals surface area (Å²) >= 11 is 0. The van der Waals surface area contributed by atoms with Crippen molar-refractivity contribution in [1.82, 2.24) is 10.3 Å². The Morgan fingerprint density at radius 3 is 2.57 bits per heavy atom. The second-order valence-electron chi connectivity index (χ2n) is 5.99. The maximum Gasteiger partial charge on any atom is 0.235 e. The van der Waals surface area contributed by atoms with E-state index in [1.807, 2.05) is 4.90 Å². The molecule has 0 spiro atoms. The fourth-order valence-corrected chi connectivity index (χ4v) is 3.11. The van der Waals surface area contributed by atoms with E-state index in [1.165, 1.54) is 6.07 Å². The second-order valence-corrected chi connectivity index (χ2v) is 5.99. The fraction of sp³-hybridized carbons (Fsp3) is 0.500. The SMILES string of the molecule is Cc1nc(C2CCC(=O)NC2=O)c(F)cc1N1CCC(=O)CC1. The summed E-state index contributed by atoms with van der Waals surface area (Å²) < 4.78 is 14.5. The number of pyridine rings is 1. The number of carbonyl (C=O) groups is 3. The summed E-state index contributed by atoms with van der Waals surface area (Å²) in [4.78, 5) is 40.7. The van der Waals surface area contributed by atoms with E-state index in [2.05, 4.69) is 10.3 Å². The summed E-state index contributed by atoms with van der Waals surface area (Å²) in [5.41, 5.74) is 1.37. The zero-order valence-electron chi connectivity index (χ0n) is 12.9. The normalized spacial score (nSPS) is 22.3. The van der Waals surface area contributed by atoms with E-state index in [0.717, 1.165) is 0 Å². The standard InChI is InChI=1S/C16H18FN3O3/c1-9-13(20-6-4-10(21)5-7-20)8-12(17)15(18-9)11-2-3-14(22)19-16(11)23/h8,11H,2-7H2,1H3,(H,19,22,23). The molecule has 3 heterocycles. The van der Waals surface area contributed by atoms with Crippen molar-refractivity contribution in [2.75, 3.05) is 18.0 Å². The van der Waals surface area contributed by atoms with E-state index in [9.17, 15) is 18.8 Å². The smallest absolute Gasteiger partial charge is 0.235 e. The molecule has 1 aromatic rings. The summed E-state index contributed by atoms with van der Waals surface area (Å²) in [7, 11) is 0. The summed E-state index contributed by atoms with van der Waals surface area (Å²) in [6.07, 6.45) is 1.37. The average Bonchev–Trinajstić information content (AvgIpc) is 2.51. The number of piperidine rings is 2. The number of carbonyl (C=O) groups excluding carboxylic acids is 3. The number of nitrogens with zero attached hydrogens (tertiary/aromatic N) is 2. The van der Waals surface area contributed by atoms with Crippen LogP contribution in [0.25, 0.3) is 0 Å². The van der Waals surface area contributed by atoms with E-state index in [4.69, 9.17) is 0 Å². The molecule has 1 unspecified atom stereocenters. The molecule has 2 fully saturated rings. The molecule has 2 amide bonds. The van der Waals surface area contributed by atoms with Crippen LogP contribution in [0, 0.1) is 12.7 Å². The van der Waals surface area contributed by atoms with E-state index in [0.29, 0.717) is 37.3 Å². The molecule has 2 aliphatic heterocycles. The van der Waals surface area contributed by atoms with Crippen LogP contribution in [0.1, 0.15) is 43.0 Å². The molecule has 1 atom stereocenters. The number of nitrogens with one attached hydrogen (secondary N) is 1. The lowest BCUT2D eigenvalue weighted by Crippen LogP contribution is -2.40. The third-order valence-electron chi connectivity index (χ3n) is 4.40.